The average Bonchev–Trinajstić information content (AvgIpc) is 2.96. The Morgan fingerprint density at radius 3 is 2.46 bits per heavy atom. The van der Waals surface area contributed by atoms with Crippen LogP contribution in [0.1, 0.15) is 60.3 Å². The molecule has 1 aliphatic rings. The van der Waals surface area contributed by atoms with Crippen LogP contribution in [0.3, 0.4) is 0 Å². The van der Waals surface area contributed by atoms with Crippen LogP contribution in [0.15, 0.2) is 59.7 Å². The summed E-state index contributed by atoms with van der Waals surface area (Å²) in [6.07, 6.45) is 6.83. The Kier molecular flexibility index (Phi) is 9.46. The zero-order valence-corrected chi connectivity index (χ0v) is 24.2. The van der Waals surface area contributed by atoms with Crippen molar-refractivity contribution in [3.8, 4) is 5.75 Å². The molecule has 0 amide bonds. The third-order valence-corrected chi connectivity index (χ3v) is 8.37. The Labute approximate surface area is 225 Å². The largest absolute Gasteiger partial charge is 0.463 e. The number of hydrogen-bond donors (Lipinski definition) is 0. The van der Waals surface area contributed by atoms with E-state index in [0.717, 1.165) is 54.2 Å². The molecule has 0 saturated carbocycles. The van der Waals surface area contributed by atoms with Gasteiger partial charge in [-0.2, -0.15) is 0 Å². The molecular formula is C30H42N2O4S. The lowest BCUT2D eigenvalue weighted by Crippen LogP contribution is -2.37. The molecule has 0 aromatic heterocycles. The van der Waals surface area contributed by atoms with E-state index in [4.69, 9.17) is 9.47 Å². The van der Waals surface area contributed by atoms with Gasteiger partial charge in [0.15, 0.2) is 5.75 Å². The lowest BCUT2D eigenvalue weighted by Gasteiger charge is -2.36. The third kappa shape index (κ3) is 7.37. The van der Waals surface area contributed by atoms with Crippen LogP contribution in [0.4, 0.5) is 17.1 Å². The fourth-order valence-electron chi connectivity index (χ4n) is 4.63. The van der Waals surface area contributed by atoms with Gasteiger partial charge in [0.25, 0.3) is 0 Å². The second kappa shape index (κ2) is 12.2. The highest BCUT2D eigenvalue weighted by atomic mass is 32.2. The Hall–Kier alpha value is -2.80. The van der Waals surface area contributed by atoms with Gasteiger partial charge < -0.3 is 19.3 Å². The van der Waals surface area contributed by atoms with Gasteiger partial charge in [0.2, 0.25) is 0 Å². The minimum Gasteiger partial charge on any atom is -0.463 e. The summed E-state index contributed by atoms with van der Waals surface area (Å²) in [5.41, 5.74) is 2.21. The summed E-state index contributed by atoms with van der Waals surface area (Å²) in [4.78, 5) is 17.2. The summed E-state index contributed by atoms with van der Waals surface area (Å²) < 4.78 is 25.2. The van der Waals surface area contributed by atoms with Crippen molar-refractivity contribution in [2.24, 2.45) is 5.41 Å². The lowest BCUT2D eigenvalue weighted by molar-refractivity contribution is -0.148. The number of para-hydroxylation sites is 1. The van der Waals surface area contributed by atoms with E-state index in [9.17, 15) is 9.00 Å². The van der Waals surface area contributed by atoms with Crippen molar-refractivity contribution in [1.29, 1.82) is 0 Å². The smallest absolute Gasteiger partial charge is 0.334 e. The highest BCUT2D eigenvalue weighted by molar-refractivity contribution is 7.85. The molecule has 2 unspecified atom stereocenters. The van der Waals surface area contributed by atoms with E-state index >= 15 is 0 Å². The fourth-order valence-corrected chi connectivity index (χ4v) is 6.42. The molecule has 0 bridgehead atoms. The van der Waals surface area contributed by atoms with Gasteiger partial charge in [-0.1, -0.05) is 44.9 Å². The standard InChI is InChI=1S/C30H42N2O4S/c1-8-10-17-30(9-2)21-32(23-14-12-11-13-15-23)25-19-24(31(6)7)26(20-27(25)37(34)22-30)35-18-16-28(33)36-29(3,4)5/h11-16,18-20H,8-10,17,21-22H2,1-7H3/b18-16+. The summed E-state index contributed by atoms with van der Waals surface area (Å²) in [5.74, 6) is 0.674. The third-order valence-electron chi connectivity index (χ3n) is 6.67. The fraction of sp³-hybridized carbons (Fsp3) is 0.500. The Morgan fingerprint density at radius 2 is 1.86 bits per heavy atom. The van der Waals surface area contributed by atoms with E-state index in [1.54, 1.807) is 0 Å². The summed E-state index contributed by atoms with van der Waals surface area (Å²) in [5, 5.41) is 0. The van der Waals surface area contributed by atoms with E-state index < -0.39 is 22.4 Å². The predicted octanol–water partition coefficient (Wildman–Crippen LogP) is 6.83. The van der Waals surface area contributed by atoms with Crippen LogP contribution in [0, 0.1) is 5.41 Å². The molecule has 6 nitrogen and oxygen atoms in total. The van der Waals surface area contributed by atoms with Crippen LogP contribution in [-0.2, 0) is 20.3 Å². The second-order valence-corrected chi connectivity index (χ2v) is 12.4. The number of carbonyl (C=O) groups excluding carboxylic acids is 1. The summed E-state index contributed by atoms with van der Waals surface area (Å²) in [6.45, 7) is 10.7. The van der Waals surface area contributed by atoms with Crippen LogP contribution < -0.4 is 14.5 Å². The van der Waals surface area contributed by atoms with E-state index in [2.05, 4.69) is 36.9 Å². The number of ether oxygens (including phenoxy) is 2. The zero-order valence-electron chi connectivity index (χ0n) is 23.4. The van der Waals surface area contributed by atoms with Crippen molar-refractivity contribution < 1.29 is 18.5 Å². The normalized spacial score (nSPS) is 19.9. The van der Waals surface area contributed by atoms with Crippen LogP contribution >= 0.6 is 0 Å². The molecule has 202 valence electrons. The molecule has 0 fully saturated rings. The molecule has 0 saturated heterocycles. The van der Waals surface area contributed by atoms with Gasteiger partial charge in [-0.25, -0.2) is 4.79 Å². The number of esters is 1. The van der Waals surface area contributed by atoms with Crippen molar-refractivity contribution in [2.75, 3.05) is 36.2 Å². The molecule has 1 aliphatic heterocycles. The maximum absolute atomic E-state index is 13.9. The number of hydrogen-bond acceptors (Lipinski definition) is 6. The minimum atomic E-state index is -1.22. The van der Waals surface area contributed by atoms with Crippen molar-refractivity contribution >= 4 is 33.8 Å². The van der Waals surface area contributed by atoms with Crippen LogP contribution in [0.5, 0.6) is 5.75 Å². The van der Waals surface area contributed by atoms with Gasteiger partial charge in [0, 0.05) is 38.1 Å². The van der Waals surface area contributed by atoms with Gasteiger partial charge in [-0.05, 0) is 57.2 Å². The number of unbranched alkanes of at least 4 members (excludes halogenated alkanes) is 1. The highest BCUT2D eigenvalue weighted by Crippen LogP contribution is 2.46. The van der Waals surface area contributed by atoms with Crippen LogP contribution in [-0.4, -0.2) is 42.2 Å². The highest BCUT2D eigenvalue weighted by Gasteiger charge is 2.38. The first-order chi connectivity index (χ1) is 17.5. The SMILES string of the molecule is CCCCC1(CC)CN(c2ccccc2)c2cc(N(C)C)c(O/C=C/C(=O)OC(C)(C)C)cc2S(=O)C1. The molecule has 0 spiro atoms. The van der Waals surface area contributed by atoms with Gasteiger partial charge in [-0.15, -0.1) is 0 Å². The summed E-state index contributed by atoms with van der Waals surface area (Å²) >= 11 is 0. The number of nitrogens with zero attached hydrogens (tertiary/aromatic N) is 2. The zero-order chi connectivity index (χ0) is 27.2. The summed E-state index contributed by atoms with van der Waals surface area (Å²) in [6, 6.07) is 14.3. The van der Waals surface area contributed by atoms with Crippen LogP contribution in [0.25, 0.3) is 0 Å². The van der Waals surface area contributed by atoms with Crippen LogP contribution in [0.2, 0.25) is 0 Å². The number of carbonyl (C=O) groups is 1. The molecule has 7 heteroatoms. The van der Waals surface area contributed by atoms with Gasteiger partial charge in [0.05, 0.1) is 39.4 Å². The molecule has 0 radical (unpaired) electrons. The predicted molar refractivity (Wildman–Crippen MR) is 153 cm³/mol. The monoisotopic (exact) mass is 526 g/mol. The van der Waals surface area contributed by atoms with Gasteiger partial charge >= 0.3 is 5.97 Å². The molecule has 0 aliphatic carbocycles. The summed E-state index contributed by atoms with van der Waals surface area (Å²) in [7, 11) is 2.68. The maximum atomic E-state index is 13.9. The van der Waals surface area contributed by atoms with Gasteiger partial charge in [0.1, 0.15) is 5.60 Å². The van der Waals surface area contributed by atoms with E-state index in [0.29, 0.717) is 11.5 Å². The Balaban J connectivity index is 2.08. The Morgan fingerprint density at radius 1 is 1.16 bits per heavy atom. The van der Waals surface area contributed by atoms with E-state index in [1.807, 2.05) is 64.0 Å². The number of benzene rings is 2. The molecule has 0 N–H and O–H groups in total. The first kappa shape index (κ1) is 28.8. The molecule has 2 aromatic rings. The molecule has 3 rings (SSSR count). The number of rotatable bonds is 9. The van der Waals surface area contributed by atoms with Crippen molar-refractivity contribution in [2.45, 2.75) is 70.8 Å². The second-order valence-electron chi connectivity index (χ2n) is 11.0. The maximum Gasteiger partial charge on any atom is 0.334 e. The van der Waals surface area contributed by atoms with Crippen molar-refractivity contribution in [3.05, 3.63) is 54.8 Å². The van der Waals surface area contributed by atoms with Crippen molar-refractivity contribution in [1.82, 2.24) is 0 Å². The molecule has 2 atom stereocenters. The quantitative estimate of drug-likeness (QED) is 0.203. The van der Waals surface area contributed by atoms with E-state index in [-0.39, 0.29) is 5.41 Å². The molecule has 37 heavy (non-hydrogen) atoms. The Bertz CT molecular complexity index is 1120. The van der Waals surface area contributed by atoms with Crippen molar-refractivity contribution in [3.63, 3.8) is 0 Å². The molecule has 1 heterocycles. The minimum absolute atomic E-state index is 0.0638. The van der Waals surface area contributed by atoms with E-state index in [1.165, 1.54) is 12.3 Å². The lowest BCUT2D eigenvalue weighted by atomic mass is 9.81. The van der Waals surface area contributed by atoms with Gasteiger partial charge in [-0.3, -0.25) is 4.21 Å². The topological polar surface area (TPSA) is 59.1 Å². The first-order valence-electron chi connectivity index (χ1n) is 13.1. The molecule has 2 aromatic carbocycles. The number of anilines is 3. The first-order valence-corrected chi connectivity index (χ1v) is 14.4. The molecular weight excluding hydrogens is 484 g/mol. The average molecular weight is 527 g/mol. The number of fused-ring (bicyclic) bond motifs is 1.